The molecule has 0 spiro atoms. The predicted molar refractivity (Wildman–Crippen MR) is 148 cm³/mol. The molecule has 2 atom stereocenters. The average molecular weight is 614 g/mol. The molecule has 4 aromatic rings. The van der Waals surface area contributed by atoms with Crippen LogP contribution in [0.1, 0.15) is 69.9 Å². The van der Waals surface area contributed by atoms with Crippen LogP contribution in [0.25, 0.3) is 0 Å². The number of amides is 1. The van der Waals surface area contributed by atoms with Crippen LogP contribution in [-0.4, -0.2) is 14.3 Å². The second-order valence-corrected chi connectivity index (χ2v) is 15.3. The molecule has 1 amide bonds. The average Bonchev–Trinajstić information content (AvgIpc) is 2.93. The summed E-state index contributed by atoms with van der Waals surface area (Å²) in [4.78, 5) is 12.6. The molecule has 7 heteroatoms. The zero-order chi connectivity index (χ0) is 27.3. The fraction of sp³-hybridized carbons (Fsp3) is 0.194. The Morgan fingerprint density at radius 1 is 0.763 bits per heavy atom. The van der Waals surface area contributed by atoms with Gasteiger partial charge in [-0.2, -0.15) is 0 Å². The molecule has 0 saturated carbocycles. The molecule has 0 saturated heterocycles. The number of fused-ring (bicyclic) bond motifs is 5. The first-order valence-electron chi connectivity index (χ1n) is 12.4. The molecule has 0 radical (unpaired) electrons. The standard InChI is InChI=1S/C21H19N2O3S.C10H14.Ru/c22-20(15-9-5-2-6-10-15)19(14-7-3-1-4-8-14)17-13-16(21(23)24)11-12-18(17)27(25)26;1-8(2)10-6-4-9(3)5-7-10;/h1-13,19-20H,22H2,(H2,23,24);4-8H,1-3H3;/q;;+1/p-1/t19-,20+;;/m1../s1. The van der Waals surface area contributed by atoms with Gasteiger partial charge in [0.25, 0.3) is 0 Å². The Labute approximate surface area is 232 Å². The van der Waals surface area contributed by atoms with E-state index >= 15 is 0 Å². The van der Waals surface area contributed by atoms with Crippen LogP contribution in [0.4, 0.5) is 0 Å². The van der Waals surface area contributed by atoms with Gasteiger partial charge in [0, 0.05) is 0 Å². The van der Waals surface area contributed by atoms with Crippen LogP contribution in [0.15, 0.2) is 108 Å². The van der Waals surface area contributed by atoms with Gasteiger partial charge in [-0.3, -0.25) is 0 Å². The summed E-state index contributed by atoms with van der Waals surface area (Å²) in [5.74, 6) is -0.116. The summed E-state index contributed by atoms with van der Waals surface area (Å²) in [7, 11) is -3.60. The third-order valence-electron chi connectivity index (χ3n) is 6.52. The number of nitrogens with one attached hydrogen (secondary N) is 1. The monoisotopic (exact) mass is 614 g/mol. The number of benzene rings is 4. The second-order valence-electron chi connectivity index (χ2n) is 9.56. The number of rotatable bonds is 5. The summed E-state index contributed by atoms with van der Waals surface area (Å²) < 4.78 is 28.4. The predicted octanol–water partition coefficient (Wildman–Crippen LogP) is 6.07. The van der Waals surface area contributed by atoms with Gasteiger partial charge >= 0.3 is 171 Å². The molecule has 4 aromatic carbocycles. The van der Waals surface area contributed by atoms with Gasteiger partial charge in [-0.25, -0.2) is 0 Å². The number of carbonyl (C=O) groups excluding carboxylic acids is 1. The van der Waals surface area contributed by atoms with Crippen LogP contribution in [0.2, 0.25) is 0 Å². The molecule has 6 rings (SSSR count). The summed E-state index contributed by atoms with van der Waals surface area (Å²) in [5, 5.41) is 0. The van der Waals surface area contributed by atoms with Crippen LogP contribution in [0.3, 0.4) is 0 Å². The van der Waals surface area contributed by atoms with E-state index in [1.165, 1.54) is 11.1 Å². The molecule has 38 heavy (non-hydrogen) atoms. The van der Waals surface area contributed by atoms with Crippen LogP contribution in [-0.2, 0) is 24.0 Å². The Kier molecular flexibility index (Phi) is 8.93. The van der Waals surface area contributed by atoms with Gasteiger partial charge in [-0.1, -0.05) is 43.7 Å². The topological polar surface area (TPSA) is 89.3 Å². The Morgan fingerprint density at radius 3 is 1.92 bits per heavy atom. The number of aryl methyl sites for hydroxylation is 1. The van der Waals surface area contributed by atoms with Crippen molar-refractivity contribution in [2.24, 2.45) is 5.73 Å². The van der Waals surface area contributed by atoms with Crippen molar-refractivity contribution in [3.05, 3.63) is 137 Å². The second kappa shape index (κ2) is 12.2. The van der Waals surface area contributed by atoms with E-state index in [2.05, 4.69) is 49.1 Å². The minimum atomic E-state index is -3.60. The molecule has 5 nitrogen and oxygen atoms in total. The molecule has 2 aliphatic heterocycles. The summed E-state index contributed by atoms with van der Waals surface area (Å²) in [6, 6.07) is 32.2. The Bertz CT molecular complexity index is 1490. The molecule has 3 N–H and O–H groups in total. The zero-order valence-electron chi connectivity index (χ0n) is 21.6. The zero-order valence-corrected chi connectivity index (χ0v) is 24.2. The van der Waals surface area contributed by atoms with E-state index in [1.807, 2.05) is 60.7 Å². The van der Waals surface area contributed by atoms with E-state index in [-0.39, 0.29) is 10.8 Å². The van der Waals surface area contributed by atoms with E-state index in [0.29, 0.717) is 17.0 Å². The maximum absolute atomic E-state index is 12.9. The molecule has 0 aromatic heterocycles. The van der Waals surface area contributed by atoms with E-state index in [9.17, 15) is 13.2 Å². The molecule has 2 bridgehead atoms. The third-order valence-corrected chi connectivity index (χ3v) is 11.1. The Morgan fingerprint density at radius 2 is 1.34 bits per heavy atom. The van der Waals surface area contributed by atoms with Gasteiger partial charge in [0.05, 0.1) is 0 Å². The molecule has 2 aliphatic rings. The van der Waals surface area contributed by atoms with Gasteiger partial charge < -0.3 is 0 Å². The van der Waals surface area contributed by atoms with Crippen molar-refractivity contribution < 1.29 is 29.4 Å². The van der Waals surface area contributed by atoms with Crippen LogP contribution >= 0.6 is 0 Å². The Hall–Kier alpha value is -3.12. The fourth-order valence-electron chi connectivity index (χ4n) is 4.38. The molecular weight excluding hydrogens is 581 g/mol. The van der Waals surface area contributed by atoms with E-state index in [1.54, 1.807) is 18.2 Å². The number of nitrogens with two attached hydrogens (primary N) is 1. The maximum atomic E-state index is 12.9. The summed E-state index contributed by atoms with van der Waals surface area (Å²) in [6.07, 6.45) is 0. The number of hydrogen-bond donors (Lipinski definition) is 2. The first kappa shape index (κ1) is 27.9. The summed E-state index contributed by atoms with van der Waals surface area (Å²) in [6.45, 7) is 6.54. The van der Waals surface area contributed by atoms with Crippen LogP contribution in [0.5, 0.6) is 0 Å². The summed E-state index contributed by atoms with van der Waals surface area (Å²) >= 11 is -1.34. The fourth-order valence-corrected chi connectivity index (χ4v) is 8.28. The van der Waals surface area contributed by atoms with Gasteiger partial charge in [0.2, 0.25) is 0 Å². The van der Waals surface area contributed by atoms with Gasteiger partial charge in [0.1, 0.15) is 0 Å². The van der Waals surface area contributed by atoms with Crippen molar-refractivity contribution in [1.82, 2.24) is 4.06 Å². The van der Waals surface area contributed by atoms with E-state index in [0.717, 1.165) is 11.1 Å². The molecule has 198 valence electrons. The number of hydrogen-bond acceptors (Lipinski definition) is 4. The molecule has 2 heterocycles. The number of carbonyl (C=O) groups is 1. The third kappa shape index (κ3) is 6.47. The summed E-state index contributed by atoms with van der Waals surface area (Å²) in [5.41, 5.74) is 12.3. The van der Waals surface area contributed by atoms with Gasteiger partial charge in [-0.05, 0) is 18.4 Å². The van der Waals surface area contributed by atoms with Crippen molar-refractivity contribution in [1.29, 1.82) is 0 Å². The van der Waals surface area contributed by atoms with Crippen molar-refractivity contribution in [3.63, 3.8) is 0 Å². The molecular formula is C31H32N2O3RuS. The van der Waals surface area contributed by atoms with Crippen molar-refractivity contribution in [3.8, 4) is 0 Å². The van der Waals surface area contributed by atoms with Crippen LogP contribution in [0, 0.1) is 6.92 Å². The van der Waals surface area contributed by atoms with Crippen molar-refractivity contribution in [2.45, 2.75) is 43.5 Å². The van der Waals surface area contributed by atoms with E-state index in [4.69, 9.17) is 5.73 Å². The Balaban J connectivity index is 0.000000283. The minimum absolute atomic E-state index is 0.245. The molecule has 0 fully saturated rings. The van der Waals surface area contributed by atoms with Crippen molar-refractivity contribution in [2.75, 3.05) is 0 Å². The van der Waals surface area contributed by atoms with Gasteiger partial charge in [0.15, 0.2) is 0 Å². The quantitative estimate of drug-likeness (QED) is 0.268. The molecule has 0 unspecified atom stereocenters. The van der Waals surface area contributed by atoms with Crippen LogP contribution < -0.4 is 9.79 Å². The van der Waals surface area contributed by atoms with E-state index < -0.39 is 35.9 Å². The van der Waals surface area contributed by atoms with Crippen molar-refractivity contribution >= 4 is 13.7 Å². The SMILES string of the molecule is Cc1ccc(C(C)C)cc1.N[C@@H](c1ccccc1)[C@H](c1ccccc1)c1cc2ccc1[S](=O)(=O)[Ru][NH]C2=O. The first-order chi connectivity index (χ1) is 18.2. The first-order valence-corrected chi connectivity index (χ1v) is 16.8. The molecule has 0 aliphatic carbocycles. The normalized spacial score (nSPS) is 15.7. The van der Waals surface area contributed by atoms with Gasteiger partial charge in [-0.15, -0.1) is 0 Å².